The van der Waals surface area contributed by atoms with Crippen LogP contribution in [0.1, 0.15) is 11.4 Å². The topological polar surface area (TPSA) is 77.3 Å². The van der Waals surface area contributed by atoms with E-state index in [-0.39, 0.29) is 22.1 Å². The lowest BCUT2D eigenvalue weighted by molar-refractivity contribution is 0.416. The van der Waals surface area contributed by atoms with Gasteiger partial charge >= 0.3 is 0 Å². The van der Waals surface area contributed by atoms with Crippen molar-refractivity contribution in [1.29, 1.82) is 0 Å². The molecule has 0 unspecified atom stereocenters. The van der Waals surface area contributed by atoms with Gasteiger partial charge in [-0.3, -0.25) is 0 Å². The minimum Gasteiger partial charge on any atom is -0.247 e. The summed E-state index contributed by atoms with van der Waals surface area (Å²) in [6.07, 6.45) is 0. The highest BCUT2D eigenvalue weighted by atomic mass is 19.2. The minimum absolute atomic E-state index is 0.156. The molecule has 3 aromatic heterocycles. The van der Waals surface area contributed by atoms with E-state index in [1.807, 2.05) is 0 Å². The zero-order valence-electron chi connectivity index (χ0n) is 17.7. The molecule has 36 heavy (non-hydrogen) atoms. The second-order valence-electron chi connectivity index (χ2n) is 7.84. The number of halogens is 8. The van der Waals surface area contributed by atoms with Crippen molar-refractivity contribution in [3.8, 4) is 0 Å². The van der Waals surface area contributed by atoms with Gasteiger partial charge in [-0.15, -0.1) is 0 Å². The second kappa shape index (κ2) is 7.08. The Hall–Kier alpha value is -4.36. The van der Waals surface area contributed by atoms with Gasteiger partial charge in [-0.2, -0.15) is 0 Å². The summed E-state index contributed by atoms with van der Waals surface area (Å²) in [5.74, 6) is -16.0. The van der Waals surface area contributed by atoms with Crippen molar-refractivity contribution >= 4 is 55.2 Å². The van der Waals surface area contributed by atoms with Crippen molar-refractivity contribution in [3.63, 3.8) is 0 Å². The van der Waals surface area contributed by atoms with Crippen LogP contribution in [0.2, 0.25) is 0 Å². The molecule has 0 aliphatic rings. The average molecular weight is 506 g/mol. The normalized spacial score (nSPS) is 12.2. The molecule has 6 aromatic rings. The molecule has 0 N–H and O–H groups in total. The Labute approximate surface area is 192 Å². The van der Waals surface area contributed by atoms with Gasteiger partial charge in [-0.1, -0.05) is 0 Å². The molecule has 6 nitrogen and oxygen atoms in total. The molecule has 0 aliphatic carbocycles. The van der Waals surface area contributed by atoms with E-state index in [0.717, 1.165) is 0 Å². The summed E-state index contributed by atoms with van der Waals surface area (Å²) in [7, 11) is 0. The number of hydrogen-bond acceptors (Lipinski definition) is 6. The molecule has 0 spiro atoms. The maximum absolute atomic E-state index is 14.5. The van der Waals surface area contributed by atoms with Gasteiger partial charge in [0.05, 0.1) is 11.4 Å². The third-order valence-corrected chi connectivity index (χ3v) is 5.76. The Kier molecular flexibility index (Phi) is 4.35. The van der Waals surface area contributed by atoms with Crippen molar-refractivity contribution in [2.75, 3.05) is 0 Å². The summed E-state index contributed by atoms with van der Waals surface area (Å²) in [6, 6.07) is 0. The molecule has 0 radical (unpaired) electrons. The third-order valence-electron chi connectivity index (χ3n) is 5.76. The van der Waals surface area contributed by atoms with Crippen molar-refractivity contribution in [2.24, 2.45) is 0 Å². The van der Waals surface area contributed by atoms with Crippen LogP contribution in [0.5, 0.6) is 0 Å². The van der Waals surface area contributed by atoms with E-state index in [1.165, 1.54) is 0 Å². The molecular formula is C22H6F8N6. The minimum atomic E-state index is -2.16. The lowest BCUT2D eigenvalue weighted by Crippen LogP contribution is -2.06. The molecule has 3 heterocycles. The standard InChI is InChI=1S/C22H6F8N6/c1-3-4(2)32-18-17(31-3)19-21(35-15-11(29)7(25)5(23)9(27)13(15)33-19)22-20(18)34-14-10(28)6(24)8(26)12(30)16(14)36-22/h1-2H3. The van der Waals surface area contributed by atoms with Crippen LogP contribution in [-0.4, -0.2) is 29.9 Å². The fraction of sp³-hybridized carbons (Fsp3) is 0.0909. The van der Waals surface area contributed by atoms with Crippen LogP contribution >= 0.6 is 0 Å². The Morgan fingerprint density at radius 3 is 0.694 bits per heavy atom. The number of nitrogens with zero attached hydrogens (tertiary/aromatic N) is 6. The highest BCUT2D eigenvalue weighted by molar-refractivity contribution is 6.20. The largest absolute Gasteiger partial charge is 0.247 e. The first-order valence-electron chi connectivity index (χ1n) is 9.95. The summed E-state index contributed by atoms with van der Waals surface area (Å²) in [6.45, 7) is 3.09. The van der Waals surface area contributed by atoms with E-state index in [9.17, 15) is 35.1 Å². The van der Waals surface area contributed by atoms with E-state index < -0.39 is 79.6 Å². The van der Waals surface area contributed by atoms with Gasteiger partial charge in [-0.05, 0) is 13.8 Å². The first-order chi connectivity index (χ1) is 17.0. The van der Waals surface area contributed by atoms with Crippen LogP contribution in [0.4, 0.5) is 35.1 Å². The SMILES string of the molecule is Cc1nc2c(nc1C)c1nc3c(F)c(F)c(F)c(F)c3nc1c1nc3c(F)c(F)c(F)c(F)c3nc21. The number of benzene rings is 3. The summed E-state index contributed by atoms with van der Waals surface area (Å²) >= 11 is 0. The van der Waals surface area contributed by atoms with Crippen LogP contribution in [-0.2, 0) is 0 Å². The maximum Gasteiger partial charge on any atom is 0.199 e. The second-order valence-corrected chi connectivity index (χ2v) is 7.84. The molecule has 0 atom stereocenters. The number of rotatable bonds is 0. The Balaban J connectivity index is 1.97. The Morgan fingerprint density at radius 1 is 0.278 bits per heavy atom. The number of aromatic nitrogens is 6. The molecule has 3 aromatic carbocycles. The van der Waals surface area contributed by atoms with E-state index in [1.54, 1.807) is 13.8 Å². The molecule has 0 saturated carbocycles. The zero-order chi connectivity index (χ0) is 25.8. The monoisotopic (exact) mass is 506 g/mol. The van der Waals surface area contributed by atoms with Crippen molar-refractivity contribution in [2.45, 2.75) is 13.8 Å². The predicted molar refractivity (Wildman–Crippen MR) is 110 cm³/mol. The Bertz CT molecular complexity index is 1870. The number of aryl methyl sites for hydroxylation is 2. The highest BCUT2D eigenvalue weighted by Gasteiger charge is 2.28. The third kappa shape index (κ3) is 2.66. The lowest BCUT2D eigenvalue weighted by Gasteiger charge is -2.12. The summed E-state index contributed by atoms with van der Waals surface area (Å²) in [5.41, 5.74) is -5.33. The summed E-state index contributed by atoms with van der Waals surface area (Å²) < 4.78 is 114. The Morgan fingerprint density at radius 2 is 0.472 bits per heavy atom. The predicted octanol–water partition coefficient (Wildman–Crippen LogP) is 5.55. The summed E-state index contributed by atoms with van der Waals surface area (Å²) in [4.78, 5) is 24.0. The lowest BCUT2D eigenvalue weighted by atomic mass is 10.1. The van der Waals surface area contributed by atoms with Gasteiger partial charge < -0.3 is 0 Å². The molecule has 0 saturated heterocycles. The van der Waals surface area contributed by atoms with Crippen LogP contribution in [0, 0.1) is 60.4 Å². The molecule has 0 aliphatic heterocycles. The summed E-state index contributed by atoms with van der Waals surface area (Å²) in [5, 5.41) is 0. The first-order valence-corrected chi connectivity index (χ1v) is 9.95. The van der Waals surface area contributed by atoms with E-state index in [0.29, 0.717) is 11.4 Å². The zero-order valence-corrected chi connectivity index (χ0v) is 17.7. The van der Waals surface area contributed by atoms with Crippen LogP contribution in [0.15, 0.2) is 0 Å². The smallest absolute Gasteiger partial charge is 0.199 e. The van der Waals surface area contributed by atoms with E-state index in [4.69, 9.17) is 0 Å². The van der Waals surface area contributed by atoms with Crippen molar-refractivity contribution in [3.05, 3.63) is 57.9 Å². The van der Waals surface area contributed by atoms with Crippen LogP contribution in [0.3, 0.4) is 0 Å². The highest BCUT2D eigenvalue weighted by Crippen LogP contribution is 2.35. The van der Waals surface area contributed by atoms with Crippen molar-refractivity contribution < 1.29 is 35.1 Å². The van der Waals surface area contributed by atoms with Gasteiger partial charge in [0.2, 0.25) is 0 Å². The molecular weight excluding hydrogens is 500 g/mol. The molecule has 0 fully saturated rings. The molecule has 6 rings (SSSR count). The van der Waals surface area contributed by atoms with Gasteiger partial charge in [0, 0.05) is 0 Å². The van der Waals surface area contributed by atoms with E-state index >= 15 is 0 Å². The van der Waals surface area contributed by atoms with Gasteiger partial charge in [-0.25, -0.2) is 65.0 Å². The maximum atomic E-state index is 14.5. The van der Waals surface area contributed by atoms with Crippen LogP contribution < -0.4 is 0 Å². The molecule has 14 heteroatoms. The van der Waals surface area contributed by atoms with E-state index in [2.05, 4.69) is 29.9 Å². The van der Waals surface area contributed by atoms with Gasteiger partial charge in [0.15, 0.2) is 46.5 Å². The van der Waals surface area contributed by atoms with Gasteiger partial charge in [0.1, 0.15) is 55.2 Å². The average Bonchev–Trinajstić information content (AvgIpc) is 2.87. The first kappa shape index (κ1) is 22.1. The molecule has 0 amide bonds. The van der Waals surface area contributed by atoms with Crippen molar-refractivity contribution in [1.82, 2.24) is 29.9 Å². The fourth-order valence-corrected chi connectivity index (χ4v) is 3.88. The van der Waals surface area contributed by atoms with Crippen LogP contribution in [0.25, 0.3) is 55.2 Å². The molecule has 180 valence electrons. The molecule has 0 bridgehead atoms. The quantitative estimate of drug-likeness (QED) is 0.0884. The number of fused-ring (bicyclic) bond motifs is 8. The fourth-order valence-electron chi connectivity index (χ4n) is 3.88. The number of hydrogen-bond donors (Lipinski definition) is 0. The van der Waals surface area contributed by atoms with Gasteiger partial charge in [0.25, 0.3) is 0 Å².